The van der Waals surface area contributed by atoms with E-state index in [1.807, 2.05) is 97.5 Å². The molecule has 236 valence electrons. The summed E-state index contributed by atoms with van der Waals surface area (Å²) in [4.78, 5) is 43.6. The van der Waals surface area contributed by atoms with Gasteiger partial charge in [-0.15, -0.1) is 0 Å². The Balaban J connectivity index is 1.11. The molecule has 0 radical (unpaired) electrons. The Morgan fingerprint density at radius 2 is 1.85 bits per heavy atom. The summed E-state index contributed by atoms with van der Waals surface area (Å²) in [7, 11) is 3.89. The van der Waals surface area contributed by atoms with Crippen LogP contribution in [0.25, 0.3) is 33.8 Å². The number of aromatic amines is 1. The SMILES string of the molecule is Cc1ccc(-c2ncc(-c3ccc4[nH]c([C@@H]5CCCN5C(=O)[C@@H](c5ccccc5)N(C)C)nc4c3)o2)cc1NC(=O)[C@@H]1CCCN1. The maximum Gasteiger partial charge on any atom is 0.245 e. The molecule has 10 heteroatoms. The van der Waals surface area contributed by atoms with Crippen molar-refractivity contribution in [3.05, 3.63) is 89.9 Å². The van der Waals surface area contributed by atoms with Gasteiger partial charge in [-0.25, -0.2) is 9.97 Å². The van der Waals surface area contributed by atoms with E-state index in [1.54, 1.807) is 6.20 Å². The summed E-state index contributed by atoms with van der Waals surface area (Å²) in [6, 6.07) is 21.1. The average molecular weight is 618 g/mol. The Bertz CT molecular complexity index is 1870. The van der Waals surface area contributed by atoms with Crippen LogP contribution < -0.4 is 10.6 Å². The lowest BCUT2D eigenvalue weighted by molar-refractivity contribution is -0.137. The van der Waals surface area contributed by atoms with Crippen molar-refractivity contribution < 1.29 is 14.0 Å². The van der Waals surface area contributed by atoms with Crippen LogP contribution in [-0.2, 0) is 9.59 Å². The molecule has 0 unspecified atom stereocenters. The van der Waals surface area contributed by atoms with Gasteiger partial charge in [0.25, 0.3) is 0 Å². The van der Waals surface area contributed by atoms with E-state index in [2.05, 4.69) is 20.6 Å². The summed E-state index contributed by atoms with van der Waals surface area (Å²) in [6.45, 7) is 3.54. The lowest BCUT2D eigenvalue weighted by Crippen LogP contribution is -2.40. The predicted octanol–water partition coefficient (Wildman–Crippen LogP) is 5.85. The van der Waals surface area contributed by atoms with E-state index in [0.717, 1.165) is 77.0 Å². The number of H-pyrrole nitrogens is 1. The number of likely N-dealkylation sites (N-methyl/N-ethyl adjacent to an activating group) is 1. The normalized spacial score (nSPS) is 18.8. The van der Waals surface area contributed by atoms with Gasteiger partial charge in [0.15, 0.2) is 5.76 Å². The van der Waals surface area contributed by atoms with Crippen molar-refractivity contribution in [1.29, 1.82) is 0 Å². The lowest BCUT2D eigenvalue weighted by Gasteiger charge is -2.31. The number of amides is 2. The van der Waals surface area contributed by atoms with Gasteiger partial charge < -0.3 is 24.9 Å². The molecular formula is C36H39N7O3. The van der Waals surface area contributed by atoms with Crippen molar-refractivity contribution in [2.24, 2.45) is 0 Å². The smallest absolute Gasteiger partial charge is 0.245 e. The Morgan fingerprint density at radius 3 is 2.63 bits per heavy atom. The van der Waals surface area contributed by atoms with Crippen LogP contribution in [0.4, 0.5) is 5.69 Å². The fourth-order valence-corrected chi connectivity index (χ4v) is 6.66. The molecule has 2 amide bonds. The standard InChI is InChI=1S/C36H39N7O3/c1-22-13-14-25(20-28(22)41-34(44)27-11-7-17-37-27)35-38-21-31(46-35)24-15-16-26-29(19-24)40-33(39-26)30-12-8-18-43(30)36(45)32(42(2)3)23-9-5-4-6-10-23/h4-6,9-10,13-16,19-21,27,30,32,37H,7-8,11-12,17-18H2,1-3H3,(H,39,40)(H,41,44)/t27-,30-,32+/m0/s1. The Labute approximate surface area is 268 Å². The largest absolute Gasteiger partial charge is 0.436 e. The van der Waals surface area contributed by atoms with E-state index in [4.69, 9.17) is 9.40 Å². The molecule has 3 atom stereocenters. The van der Waals surface area contributed by atoms with E-state index in [-0.39, 0.29) is 29.9 Å². The number of imidazole rings is 1. The van der Waals surface area contributed by atoms with Crippen molar-refractivity contribution >= 4 is 28.5 Å². The van der Waals surface area contributed by atoms with Gasteiger partial charge in [0.2, 0.25) is 17.7 Å². The molecule has 3 N–H and O–H groups in total. The van der Waals surface area contributed by atoms with Gasteiger partial charge in [-0.3, -0.25) is 14.5 Å². The maximum atomic E-state index is 13.9. The third-order valence-corrected chi connectivity index (χ3v) is 9.13. The third kappa shape index (κ3) is 5.81. The van der Waals surface area contributed by atoms with Crippen LogP contribution in [0, 0.1) is 6.92 Å². The zero-order valence-corrected chi connectivity index (χ0v) is 26.4. The van der Waals surface area contributed by atoms with Gasteiger partial charge in [-0.05, 0) is 94.7 Å². The van der Waals surface area contributed by atoms with Gasteiger partial charge in [0.1, 0.15) is 11.9 Å². The molecule has 7 rings (SSSR count). The molecule has 10 nitrogen and oxygen atoms in total. The second kappa shape index (κ2) is 12.5. The second-order valence-corrected chi connectivity index (χ2v) is 12.5. The van der Waals surface area contributed by atoms with Gasteiger partial charge in [0, 0.05) is 23.4 Å². The highest BCUT2D eigenvalue weighted by Crippen LogP contribution is 2.36. The molecule has 0 saturated carbocycles. The molecule has 2 aliphatic heterocycles. The van der Waals surface area contributed by atoms with E-state index >= 15 is 0 Å². The number of nitrogens with one attached hydrogen (secondary N) is 3. The minimum atomic E-state index is -0.358. The number of benzene rings is 3. The van der Waals surface area contributed by atoms with Gasteiger partial charge >= 0.3 is 0 Å². The van der Waals surface area contributed by atoms with Crippen LogP contribution in [0.3, 0.4) is 0 Å². The molecule has 0 aliphatic carbocycles. The summed E-state index contributed by atoms with van der Waals surface area (Å²) in [6.07, 6.45) is 5.35. The first-order valence-electron chi connectivity index (χ1n) is 16.0. The molecule has 4 heterocycles. The van der Waals surface area contributed by atoms with Gasteiger partial charge in [0.05, 0.1) is 29.3 Å². The van der Waals surface area contributed by atoms with Crippen LogP contribution in [0.2, 0.25) is 0 Å². The predicted molar refractivity (Wildman–Crippen MR) is 178 cm³/mol. The zero-order chi connectivity index (χ0) is 31.8. The van der Waals surface area contributed by atoms with Crippen molar-refractivity contribution in [3.63, 3.8) is 0 Å². The number of rotatable bonds is 8. The number of aryl methyl sites for hydroxylation is 1. The molecule has 2 aliphatic rings. The lowest BCUT2D eigenvalue weighted by atomic mass is 10.0. The summed E-state index contributed by atoms with van der Waals surface area (Å²) in [5.74, 6) is 1.96. The van der Waals surface area contributed by atoms with E-state index in [1.165, 1.54) is 0 Å². The number of carbonyl (C=O) groups is 2. The van der Waals surface area contributed by atoms with Gasteiger partial charge in [-0.2, -0.15) is 0 Å². The molecule has 2 aromatic heterocycles. The number of carbonyl (C=O) groups excluding carboxylic acids is 2. The molecule has 2 saturated heterocycles. The van der Waals surface area contributed by atoms with Crippen LogP contribution >= 0.6 is 0 Å². The van der Waals surface area contributed by atoms with Crippen molar-refractivity contribution in [2.75, 3.05) is 32.5 Å². The number of nitrogens with zero attached hydrogens (tertiary/aromatic N) is 4. The average Bonchev–Trinajstić information content (AvgIpc) is 3.88. The number of likely N-dealkylation sites (tertiary alicyclic amines) is 1. The van der Waals surface area contributed by atoms with E-state index in [0.29, 0.717) is 18.2 Å². The van der Waals surface area contributed by atoms with Crippen LogP contribution in [0.15, 0.2) is 77.3 Å². The summed E-state index contributed by atoms with van der Waals surface area (Å²) in [5.41, 5.74) is 6.05. The molecule has 0 bridgehead atoms. The van der Waals surface area contributed by atoms with Crippen molar-refractivity contribution in [1.82, 2.24) is 30.1 Å². The molecule has 2 fully saturated rings. The highest BCUT2D eigenvalue weighted by molar-refractivity contribution is 5.96. The number of hydrogen-bond donors (Lipinski definition) is 3. The quantitative estimate of drug-likeness (QED) is 0.200. The van der Waals surface area contributed by atoms with Crippen molar-refractivity contribution in [3.8, 4) is 22.8 Å². The van der Waals surface area contributed by atoms with Crippen LogP contribution in [0.1, 0.15) is 54.7 Å². The fourth-order valence-electron chi connectivity index (χ4n) is 6.66. The second-order valence-electron chi connectivity index (χ2n) is 12.5. The van der Waals surface area contributed by atoms with Crippen molar-refractivity contribution in [2.45, 2.75) is 50.7 Å². The first kappa shape index (κ1) is 29.9. The summed E-state index contributed by atoms with van der Waals surface area (Å²) >= 11 is 0. The Hall–Kier alpha value is -4.80. The third-order valence-electron chi connectivity index (χ3n) is 9.13. The number of anilines is 1. The number of fused-ring (bicyclic) bond motifs is 1. The highest BCUT2D eigenvalue weighted by Gasteiger charge is 2.37. The van der Waals surface area contributed by atoms with E-state index < -0.39 is 0 Å². The topological polar surface area (TPSA) is 119 Å². The van der Waals surface area contributed by atoms with E-state index in [9.17, 15) is 9.59 Å². The monoisotopic (exact) mass is 617 g/mol. The minimum Gasteiger partial charge on any atom is -0.436 e. The molecular weight excluding hydrogens is 578 g/mol. The molecule has 5 aromatic rings. The first-order chi connectivity index (χ1) is 22.4. The Kier molecular flexibility index (Phi) is 8.14. The number of aromatic nitrogens is 3. The molecule has 0 spiro atoms. The first-order valence-corrected chi connectivity index (χ1v) is 16.0. The highest BCUT2D eigenvalue weighted by atomic mass is 16.4. The minimum absolute atomic E-state index is 0.0173. The summed E-state index contributed by atoms with van der Waals surface area (Å²) < 4.78 is 6.22. The number of hydrogen-bond acceptors (Lipinski definition) is 7. The van der Waals surface area contributed by atoms with Crippen LogP contribution in [0.5, 0.6) is 0 Å². The Morgan fingerprint density at radius 1 is 1.02 bits per heavy atom. The molecule has 46 heavy (non-hydrogen) atoms. The van der Waals surface area contributed by atoms with Crippen LogP contribution in [-0.4, -0.2) is 69.8 Å². The zero-order valence-electron chi connectivity index (χ0n) is 26.4. The van der Waals surface area contributed by atoms with Gasteiger partial charge in [-0.1, -0.05) is 36.4 Å². The fraction of sp³-hybridized carbons (Fsp3) is 0.333. The number of oxazole rings is 1. The maximum absolute atomic E-state index is 13.9. The molecule has 3 aromatic carbocycles. The summed E-state index contributed by atoms with van der Waals surface area (Å²) in [5, 5.41) is 6.31.